The lowest BCUT2D eigenvalue weighted by molar-refractivity contribution is -0.231. The molecule has 1 unspecified atom stereocenters. The van der Waals surface area contributed by atoms with Crippen molar-refractivity contribution in [1.82, 2.24) is 0 Å². The molecular weight excluding hydrogens is 364 g/mol. The molecule has 1 saturated heterocycles. The molecule has 1 saturated carbocycles. The highest BCUT2D eigenvalue weighted by molar-refractivity contribution is 5.38. The third-order valence-electron chi connectivity index (χ3n) is 5.75. The minimum absolute atomic E-state index is 0.112. The average Bonchev–Trinajstić information content (AvgIpc) is 2.70. The van der Waals surface area contributed by atoms with Gasteiger partial charge in [0.2, 0.25) is 0 Å². The first-order chi connectivity index (χ1) is 13.4. The number of aliphatic hydroxyl groups excluding tert-OH is 4. The monoisotopic (exact) mass is 396 g/mol. The Morgan fingerprint density at radius 1 is 1.00 bits per heavy atom. The van der Waals surface area contributed by atoms with Gasteiger partial charge in [-0.25, -0.2) is 0 Å². The average molecular weight is 396 g/mol. The number of aliphatic hydroxyl groups is 4. The highest BCUT2D eigenvalue weighted by atomic mass is 16.5. The van der Waals surface area contributed by atoms with E-state index in [0.29, 0.717) is 17.4 Å². The van der Waals surface area contributed by atoms with Crippen molar-refractivity contribution in [2.24, 2.45) is 0 Å². The molecule has 0 radical (unpaired) electrons. The number of aryl methyl sites for hydroxylation is 1. The Kier molecular flexibility index (Phi) is 7.31. The lowest BCUT2D eigenvalue weighted by Gasteiger charge is -2.40. The molecule has 1 aromatic rings. The van der Waals surface area contributed by atoms with Crippen molar-refractivity contribution in [3.8, 4) is 5.75 Å². The van der Waals surface area contributed by atoms with Gasteiger partial charge in [0.15, 0.2) is 0 Å². The zero-order valence-electron chi connectivity index (χ0n) is 16.5. The van der Waals surface area contributed by atoms with Gasteiger partial charge >= 0.3 is 0 Å². The van der Waals surface area contributed by atoms with Crippen LogP contribution < -0.4 is 4.74 Å². The molecule has 0 aromatic heterocycles. The van der Waals surface area contributed by atoms with Gasteiger partial charge in [0.25, 0.3) is 0 Å². The van der Waals surface area contributed by atoms with Gasteiger partial charge in [-0.05, 0) is 56.7 Å². The van der Waals surface area contributed by atoms with Crippen molar-refractivity contribution in [2.45, 2.75) is 82.3 Å². The summed E-state index contributed by atoms with van der Waals surface area (Å²) in [6, 6.07) is 5.51. The molecule has 158 valence electrons. The maximum Gasteiger partial charge on any atom is 0.122 e. The predicted molar refractivity (Wildman–Crippen MR) is 102 cm³/mol. The Balaban J connectivity index is 1.71. The number of hydrogen-bond donors (Lipinski definition) is 4. The molecule has 7 nitrogen and oxygen atoms in total. The first-order valence-corrected chi connectivity index (χ1v) is 10.1. The smallest absolute Gasteiger partial charge is 0.122 e. The Bertz CT molecular complexity index is 627. The van der Waals surface area contributed by atoms with Crippen LogP contribution >= 0.6 is 0 Å². The molecule has 3 rings (SSSR count). The van der Waals surface area contributed by atoms with Crippen LogP contribution in [0.15, 0.2) is 18.2 Å². The van der Waals surface area contributed by atoms with Crippen LogP contribution in [0, 0.1) is 6.92 Å². The van der Waals surface area contributed by atoms with E-state index in [1.165, 1.54) is 0 Å². The van der Waals surface area contributed by atoms with Gasteiger partial charge in [-0.15, -0.1) is 0 Å². The van der Waals surface area contributed by atoms with Crippen LogP contribution in [0.2, 0.25) is 0 Å². The van der Waals surface area contributed by atoms with Crippen LogP contribution in [0.5, 0.6) is 5.75 Å². The minimum Gasteiger partial charge on any atom is -0.490 e. The van der Waals surface area contributed by atoms with E-state index in [1.807, 2.05) is 26.0 Å². The van der Waals surface area contributed by atoms with Gasteiger partial charge in [0.05, 0.1) is 18.8 Å². The van der Waals surface area contributed by atoms with Gasteiger partial charge in [-0.2, -0.15) is 0 Å². The Morgan fingerprint density at radius 3 is 2.32 bits per heavy atom. The van der Waals surface area contributed by atoms with Crippen molar-refractivity contribution in [2.75, 3.05) is 13.2 Å². The fourth-order valence-electron chi connectivity index (χ4n) is 4.03. The Labute approximate surface area is 165 Å². The summed E-state index contributed by atoms with van der Waals surface area (Å²) >= 11 is 0. The van der Waals surface area contributed by atoms with Crippen molar-refractivity contribution in [3.05, 3.63) is 29.3 Å². The molecular formula is C21H32O7. The van der Waals surface area contributed by atoms with E-state index in [9.17, 15) is 20.4 Å². The summed E-state index contributed by atoms with van der Waals surface area (Å²) in [5.41, 5.74) is 1.61. The second-order valence-electron chi connectivity index (χ2n) is 7.75. The maximum atomic E-state index is 10.4. The van der Waals surface area contributed by atoms with Crippen molar-refractivity contribution in [3.63, 3.8) is 0 Å². The lowest BCUT2D eigenvalue weighted by Crippen LogP contribution is -2.55. The second-order valence-corrected chi connectivity index (χ2v) is 7.75. The van der Waals surface area contributed by atoms with Gasteiger partial charge in [0.1, 0.15) is 36.3 Å². The molecule has 0 amide bonds. The van der Waals surface area contributed by atoms with Crippen molar-refractivity contribution in [1.29, 1.82) is 0 Å². The number of ether oxygens (including phenoxy) is 3. The topological polar surface area (TPSA) is 109 Å². The highest BCUT2D eigenvalue weighted by Gasteiger charge is 2.44. The normalized spacial score (nSPS) is 36.3. The van der Waals surface area contributed by atoms with E-state index in [4.69, 9.17) is 14.2 Å². The lowest BCUT2D eigenvalue weighted by atomic mass is 9.90. The van der Waals surface area contributed by atoms with Crippen molar-refractivity contribution >= 4 is 0 Å². The van der Waals surface area contributed by atoms with E-state index in [2.05, 4.69) is 0 Å². The summed E-state index contributed by atoms with van der Waals surface area (Å²) in [5.74, 6) is 0.717. The molecule has 0 spiro atoms. The van der Waals surface area contributed by atoms with Gasteiger partial charge in [-0.1, -0.05) is 12.1 Å². The molecule has 1 aliphatic heterocycles. The molecule has 1 heterocycles. The van der Waals surface area contributed by atoms with E-state index >= 15 is 0 Å². The summed E-state index contributed by atoms with van der Waals surface area (Å²) in [4.78, 5) is 0. The number of hydrogen-bond acceptors (Lipinski definition) is 7. The fraction of sp³-hybridized carbons (Fsp3) is 0.714. The molecule has 0 bridgehead atoms. The molecule has 1 aromatic carbocycles. The summed E-state index contributed by atoms with van der Waals surface area (Å²) in [6.45, 7) is 4.25. The van der Waals surface area contributed by atoms with Crippen LogP contribution in [0.1, 0.15) is 49.8 Å². The molecule has 2 aliphatic rings. The quantitative estimate of drug-likeness (QED) is 0.573. The molecule has 2 fully saturated rings. The predicted octanol–water partition coefficient (Wildman–Crippen LogP) is 1.24. The second kappa shape index (κ2) is 9.52. The third-order valence-corrected chi connectivity index (χ3v) is 5.75. The summed E-state index contributed by atoms with van der Waals surface area (Å²) < 4.78 is 17.6. The minimum atomic E-state index is -1.39. The van der Waals surface area contributed by atoms with E-state index < -0.39 is 37.1 Å². The van der Waals surface area contributed by atoms with Crippen LogP contribution in [-0.4, -0.2) is 70.3 Å². The largest absolute Gasteiger partial charge is 0.490 e. The van der Waals surface area contributed by atoms with E-state index in [0.717, 1.165) is 37.9 Å². The Hall–Kier alpha value is -1.22. The Morgan fingerprint density at radius 2 is 1.68 bits per heavy atom. The van der Waals surface area contributed by atoms with Gasteiger partial charge in [0, 0.05) is 6.61 Å². The van der Waals surface area contributed by atoms with Gasteiger partial charge in [-0.3, -0.25) is 0 Å². The summed E-state index contributed by atoms with van der Waals surface area (Å²) in [6.07, 6.45) is -1.61. The fourth-order valence-corrected chi connectivity index (χ4v) is 4.03. The van der Waals surface area contributed by atoms with E-state index in [1.54, 1.807) is 6.07 Å². The molecule has 5 atom stereocenters. The van der Waals surface area contributed by atoms with Crippen LogP contribution in [0.3, 0.4) is 0 Å². The maximum absolute atomic E-state index is 10.4. The standard InChI is InChI=1S/C21H32O7/c1-3-26-14-6-8-15(9-7-14)27-16-10-13(5-4-12(16)2)21-20(25)19(24)18(23)17(11-22)28-21/h4-5,10,14-15,17-25H,3,6-9,11H2,1-2H3/t14?,15?,17-,18-,19+,20-,21?/m1/s1. The van der Waals surface area contributed by atoms with Crippen molar-refractivity contribution < 1.29 is 34.6 Å². The molecule has 7 heteroatoms. The van der Waals surface area contributed by atoms with Gasteiger partial charge < -0.3 is 34.6 Å². The van der Waals surface area contributed by atoms with Crippen LogP contribution in [0.4, 0.5) is 0 Å². The number of benzene rings is 1. The summed E-state index contributed by atoms with van der Waals surface area (Å²) in [7, 11) is 0. The summed E-state index contributed by atoms with van der Waals surface area (Å²) in [5, 5.41) is 39.8. The van der Waals surface area contributed by atoms with E-state index in [-0.39, 0.29) is 6.10 Å². The molecule has 28 heavy (non-hydrogen) atoms. The van der Waals surface area contributed by atoms with Crippen LogP contribution in [-0.2, 0) is 9.47 Å². The first-order valence-electron chi connectivity index (χ1n) is 10.1. The zero-order valence-corrected chi connectivity index (χ0v) is 16.5. The first kappa shape index (κ1) is 21.5. The highest BCUT2D eigenvalue weighted by Crippen LogP contribution is 2.35. The third kappa shape index (κ3) is 4.67. The molecule has 4 N–H and O–H groups in total. The number of rotatable bonds is 6. The zero-order chi connectivity index (χ0) is 20.3. The SMILES string of the molecule is CCOC1CCC(Oc2cc(C3O[C@H](CO)[C@@H](O)[C@H](O)[C@H]3O)ccc2C)CC1. The van der Waals surface area contributed by atoms with Crippen LogP contribution in [0.25, 0.3) is 0 Å². The molecule has 1 aliphatic carbocycles.